The first kappa shape index (κ1) is 17.9. The summed E-state index contributed by atoms with van der Waals surface area (Å²) in [6, 6.07) is 3.72. The van der Waals surface area contributed by atoms with Gasteiger partial charge >= 0.3 is 6.16 Å². The van der Waals surface area contributed by atoms with E-state index in [4.69, 9.17) is 20.3 Å². The van der Waals surface area contributed by atoms with Crippen molar-refractivity contribution < 1.29 is 19.4 Å². The van der Waals surface area contributed by atoms with Gasteiger partial charge in [-0.2, -0.15) is 0 Å². The van der Waals surface area contributed by atoms with E-state index in [1.807, 2.05) is 6.07 Å². The van der Waals surface area contributed by atoms with Gasteiger partial charge < -0.3 is 25.2 Å². The fraction of sp³-hybridized carbons (Fsp3) is 0.400. The Bertz CT molecular complexity index is 1090. The first-order chi connectivity index (χ1) is 13.9. The third kappa shape index (κ3) is 2.72. The highest BCUT2D eigenvalue weighted by atomic mass is 16.7. The first-order valence-electron chi connectivity index (χ1n) is 9.58. The minimum atomic E-state index is -1.52. The number of anilines is 1. The Morgan fingerprint density at radius 1 is 1.34 bits per heavy atom. The molecule has 1 aromatic carbocycles. The lowest BCUT2D eigenvalue weighted by Gasteiger charge is -2.33. The molecular weight excluding hydrogens is 376 g/mol. The molecule has 1 saturated heterocycles. The fourth-order valence-electron chi connectivity index (χ4n) is 4.68. The van der Waals surface area contributed by atoms with E-state index in [-0.39, 0.29) is 18.5 Å². The standard InChI is InChI=1S/C20H22N4O5/c1-22-10-28-19-15(23-7-11-3-2-4-14(21)13(11)8-23)6-5-12-17(19)24(22)9-16(18(12)25)29-20(26)27/h2-3,5-6,9,11,13-14H,4,7-8,10,21H2,1H3,(H,26,27). The maximum Gasteiger partial charge on any atom is 0.511 e. The van der Waals surface area contributed by atoms with Gasteiger partial charge in [-0.15, -0.1) is 0 Å². The van der Waals surface area contributed by atoms with Crippen molar-refractivity contribution >= 4 is 22.7 Å². The third-order valence-corrected chi connectivity index (χ3v) is 6.10. The highest BCUT2D eigenvalue weighted by Gasteiger charge is 2.38. The second-order valence-corrected chi connectivity index (χ2v) is 7.84. The zero-order valence-corrected chi connectivity index (χ0v) is 15.9. The van der Waals surface area contributed by atoms with Gasteiger partial charge in [-0.1, -0.05) is 12.2 Å². The number of carboxylic acid groups (broad SMARTS) is 1. The van der Waals surface area contributed by atoms with Gasteiger partial charge in [-0.05, 0) is 24.5 Å². The molecular formula is C20H22N4O5. The third-order valence-electron chi connectivity index (χ3n) is 6.10. The molecule has 1 aromatic heterocycles. The number of nitrogens with two attached hydrogens (primary N) is 1. The Morgan fingerprint density at radius 2 is 2.17 bits per heavy atom. The molecule has 3 atom stereocenters. The van der Waals surface area contributed by atoms with Gasteiger partial charge in [0.05, 0.1) is 17.3 Å². The number of carbonyl (C=O) groups is 1. The molecule has 3 N–H and O–H groups in total. The normalized spacial score (nSPS) is 25.1. The van der Waals surface area contributed by atoms with E-state index in [9.17, 15) is 9.59 Å². The molecule has 2 aromatic rings. The first-order valence-corrected chi connectivity index (χ1v) is 9.58. The number of ether oxygens (including phenoxy) is 2. The molecule has 5 rings (SSSR count). The number of rotatable bonds is 2. The van der Waals surface area contributed by atoms with Gasteiger partial charge in [0.15, 0.2) is 12.5 Å². The minimum Gasteiger partial charge on any atom is -0.467 e. The molecule has 152 valence electrons. The second kappa shape index (κ2) is 6.41. The summed E-state index contributed by atoms with van der Waals surface area (Å²) in [5, 5.41) is 11.0. The van der Waals surface area contributed by atoms with Crippen LogP contribution >= 0.6 is 0 Å². The van der Waals surface area contributed by atoms with Crippen LogP contribution in [0.25, 0.3) is 10.9 Å². The molecule has 1 aliphatic carbocycles. The van der Waals surface area contributed by atoms with Crippen molar-refractivity contribution in [2.75, 3.05) is 36.8 Å². The number of pyridine rings is 1. The van der Waals surface area contributed by atoms with Crippen molar-refractivity contribution in [1.29, 1.82) is 0 Å². The van der Waals surface area contributed by atoms with Crippen LogP contribution in [0.15, 0.2) is 35.3 Å². The van der Waals surface area contributed by atoms with Crippen molar-refractivity contribution in [2.45, 2.75) is 12.5 Å². The molecule has 2 aliphatic heterocycles. The van der Waals surface area contributed by atoms with Crippen molar-refractivity contribution in [3.8, 4) is 11.5 Å². The monoisotopic (exact) mass is 398 g/mol. The van der Waals surface area contributed by atoms with Crippen LogP contribution in [0.5, 0.6) is 11.5 Å². The number of hydrogen-bond donors (Lipinski definition) is 2. The van der Waals surface area contributed by atoms with Crippen LogP contribution in [-0.2, 0) is 0 Å². The van der Waals surface area contributed by atoms with E-state index in [0.29, 0.717) is 28.5 Å². The predicted molar refractivity (Wildman–Crippen MR) is 107 cm³/mol. The molecule has 9 heteroatoms. The molecule has 0 spiro atoms. The molecule has 3 unspecified atom stereocenters. The second-order valence-electron chi connectivity index (χ2n) is 7.84. The number of hydrogen-bond acceptors (Lipinski definition) is 7. The quantitative estimate of drug-likeness (QED) is 0.576. The number of benzene rings is 1. The summed E-state index contributed by atoms with van der Waals surface area (Å²) in [5.41, 5.74) is 7.37. The Morgan fingerprint density at radius 3 is 2.93 bits per heavy atom. The van der Waals surface area contributed by atoms with E-state index in [0.717, 1.165) is 25.2 Å². The van der Waals surface area contributed by atoms with Crippen molar-refractivity contribution in [1.82, 2.24) is 4.68 Å². The van der Waals surface area contributed by atoms with Crippen LogP contribution in [-0.4, -0.2) is 48.8 Å². The van der Waals surface area contributed by atoms with Gasteiger partial charge in [0, 0.05) is 32.1 Å². The summed E-state index contributed by atoms with van der Waals surface area (Å²) in [6.07, 6.45) is 5.18. The van der Waals surface area contributed by atoms with Gasteiger partial charge in [0.2, 0.25) is 11.2 Å². The van der Waals surface area contributed by atoms with Crippen molar-refractivity contribution in [3.05, 3.63) is 40.7 Å². The topological polar surface area (TPSA) is 110 Å². The molecule has 1 fully saturated rings. The van der Waals surface area contributed by atoms with E-state index in [2.05, 4.69) is 17.1 Å². The van der Waals surface area contributed by atoms with Crippen LogP contribution in [0.1, 0.15) is 6.42 Å². The highest BCUT2D eigenvalue weighted by molar-refractivity contribution is 5.92. The van der Waals surface area contributed by atoms with Gasteiger partial charge in [-0.3, -0.25) is 14.5 Å². The summed E-state index contributed by atoms with van der Waals surface area (Å²) in [7, 11) is 1.79. The molecule has 29 heavy (non-hydrogen) atoms. The zero-order chi connectivity index (χ0) is 20.3. The Labute approximate surface area is 166 Å². The van der Waals surface area contributed by atoms with Crippen LogP contribution in [0.3, 0.4) is 0 Å². The van der Waals surface area contributed by atoms with E-state index < -0.39 is 11.6 Å². The van der Waals surface area contributed by atoms with Crippen molar-refractivity contribution in [2.24, 2.45) is 17.6 Å². The van der Waals surface area contributed by atoms with Crippen molar-refractivity contribution in [3.63, 3.8) is 0 Å². The smallest absolute Gasteiger partial charge is 0.467 e. The van der Waals surface area contributed by atoms with Gasteiger partial charge in [-0.25, -0.2) is 4.79 Å². The summed E-state index contributed by atoms with van der Waals surface area (Å²) >= 11 is 0. The largest absolute Gasteiger partial charge is 0.511 e. The summed E-state index contributed by atoms with van der Waals surface area (Å²) in [4.78, 5) is 26.0. The van der Waals surface area contributed by atoms with Gasteiger partial charge in [0.25, 0.3) is 0 Å². The van der Waals surface area contributed by atoms with E-state index >= 15 is 0 Å². The Kier molecular flexibility index (Phi) is 3.95. The van der Waals surface area contributed by atoms with E-state index in [1.54, 1.807) is 22.8 Å². The average Bonchev–Trinajstić information content (AvgIpc) is 3.12. The molecule has 3 heterocycles. The van der Waals surface area contributed by atoms with Crippen LogP contribution in [0, 0.1) is 11.8 Å². The molecule has 0 radical (unpaired) electrons. The number of fused-ring (bicyclic) bond motifs is 1. The van der Waals surface area contributed by atoms with Gasteiger partial charge in [0.1, 0.15) is 5.52 Å². The summed E-state index contributed by atoms with van der Waals surface area (Å²) in [5.74, 6) is 1.18. The lowest BCUT2D eigenvalue weighted by Crippen LogP contribution is -2.39. The molecule has 0 saturated carbocycles. The summed E-state index contributed by atoms with van der Waals surface area (Å²) < 4.78 is 12.4. The zero-order valence-electron chi connectivity index (χ0n) is 15.9. The molecule has 3 aliphatic rings. The van der Waals surface area contributed by atoms with E-state index in [1.165, 1.54) is 6.20 Å². The molecule has 0 bridgehead atoms. The molecule has 9 nitrogen and oxygen atoms in total. The Balaban J connectivity index is 1.64. The van der Waals surface area contributed by atoms with Crippen LogP contribution in [0.4, 0.5) is 10.5 Å². The maximum atomic E-state index is 12.8. The highest BCUT2D eigenvalue weighted by Crippen LogP contribution is 2.42. The van der Waals surface area contributed by atoms with Crippen LogP contribution < -0.4 is 30.5 Å². The number of nitrogens with zero attached hydrogens (tertiary/aromatic N) is 3. The lowest BCUT2D eigenvalue weighted by molar-refractivity contribution is 0.143. The maximum absolute atomic E-state index is 12.8. The Hall–Kier alpha value is -3.20. The lowest BCUT2D eigenvalue weighted by atomic mass is 9.83. The summed E-state index contributed by atoms with van der Waals surface area (Å²) in [6.45, 7) is 1.93. The number of aromatic nitrogens is 1. The fourth-order valence-corrected chi connectivity index (χ4v) is 4.68. The average molecular weight is 398 g/mol. The SMILES string of the molecule is CN1COc2c(N3CC4C=CCC(N)C4C3)ccc3c(=O)c(OC(=O)O)cn1c23. The predicted octanol–water partition coefficient (Wildman–Crippen LogP) is 1.32. The molecule has 0 amide bonds. The minimum absolute atomic E-state index is 0.146. The van der Waals surface area contributed by atoms with Crippen LogP contribution in [0.2, 0.25) is 0 Å².